The number of pyridine rings is 1. The molecular formula is C21H20N4O. The van der Waals surface area contributed by atoms with E-state index in [2.05, 4.69) is 39.6 Å². The number of rotatable bonds is 5. The van der Waals surface area contributed by atoms with Crippen molar-refractivity contribution in [3.63, 3.8) is 0 Å². The molecule has 0 unspecified atom stereocenters. The molecule has 0 saturated heterocycles. The Morgan fingerprint density at radius 2 is 2.08 bits per heavy atom. The minimum Gasteiger partial charge on any atom is -0.497 e. The number of nitrogens with zero attached hydrogens (tertiary/aromatic N) is 2. The summed E-state index contributed by atoms with van der Waals surface area (Å²) in [4.78, 5) is 8.75. The number of allylic oxidation sites excluding steroid dienone is 1. The van der Waals surface area contributed by atoms with Crippen molar-refractivity contribution in [3.8, 4) is 5.75 Å². The normalized spacial score (nSPS) is 13.0. The second-order valence-electron chi connectivity index (χ2n) is 6.21. The van der Waals surface area contributed by atoms with Crippen LogP contribution in [0.2, 0.25) is 0 Å². The highest BCUT2D eigenvalue weighted by Crippen LogP contribution is 2.28. The van der Waals surface area contributed by atoms with Crippen molar-refractivity contribution >= 4 is 34.2 Å². The maximum atomic E-state index is 6.03. The number of anilines is 2. The van der Waals surface area contributed by atoms with Crippen molar-refractivity contribution in [2.24, 2.45) is 4.99 Å². The van der Waals surface area contributed by atoms with Crippen LogP contribution in [0, 0.1) is 0 Å². The standard InChI is InChI=1S/C21H20N4O/c1-26-17-4-2-3-14(9-17)12-24-19-11-21(22)25-20-10-15(5-6-18(19)20)16-7-8-23-13-16/h2-11H,12-13H2,1H3,(H3,22,24,25). The van der Waals surface area contributed by atoms with Gasteiger partial charge in [-0.25, -0.2) is 4.98 Å². The van der Waals surface area contributed by atoms with Crippen LogP contribution in [-0.2, 0) is 6.54 Å². The van der Waals surface area contributed by atoms with Gasteiger partial charge >= 0.3 is 0 Å². The van der Waals surface area contributed by atoms with Crippen molar-refractivity contribution in [1.82, 2.24) is 4.98 Å². The van der Waals surface area contributed by atoms with Gasteiger partial charge in [0.1, 0.15) is 11.6 Å². The molecule has 130 valence electrons. The average molecular weight is 344 g/mol. The molecule has 0 aliphatic carbocycles. The molecule has 0 bridgehead atoms. The predicted molar refractivity (Wildman–Crippen MR) is 108 cm³/mol. The van der Waals surface area contributed by atoms with Gasteiger partial charge in [-0.1, -0.05) is 24.3 Å². The van der Waals surface area contributed by atoms with Gasteiger partial charge in [-0.3, -0.25) is 4.99 Å². The lowest BCUT2D eigenvalue weighted by molar-refractivity contribution is 0.414. The van der Waals surface area contributed by atoms with Crippen LogP contribution >= 0.6 is 0 Å². The van der Waals surface area contributed by atoms with E-state index < -0.39 is 0 Å². The van der Waals surface area contributed by atoms with Crippen LogP contribution in [0.5, 0.6) is 5.75 Å². The number of hydrogen-bond acceptors (Lipinski definition) is 5. The first kappa shape index (κ1) is 16.1. The Hall–Kier alpha value is -3.34. The quantitative estimate of drug-likeness (QED) is 0.736. The Labute approximate surface area is 152 Å². The largest absolute Gasteiger partial charge is 0.497 e. The van der Waals surface area contributed by atoms with Crippen LogP contribution in [0.15, 0.2) is 59.6 Å². The molecule has 1 aliphatic heterocycles. The van der Waals surface area contributed by atoms with E-state index in [0.717, 1.165) is 40.0 Å². The van der Waals surface area contributed by atoms with Gasteiger partial charge in [0.15, 0.2) is 0 Å². The number of nitrogens with one attached hydrogen (secondary N) is 1. The maximum absolute atomic E-state index is 6.03. The molecule has 0 radical (unpaired) electrons. The Morgan fingerprint density at radius 3 is 2.88 bits per heavy atom. The topological polar surface area (TPSA) is 72.5 Å². The average Bonchev–Trinajstić information content (AvgIpc) is 3.20. The van der Waals surface area contributed by atoms with Crippen molar-refractivity contribution in [2.75, 3.05) is 24.7 Å². The first-order chi connectivity index (χ1) is 12.7. The monoisotopic (exact) mass is 344 g/mol. The summed E-state index contributed by atoms with van der Waals surface area (Å²) < 4.78 is 5.28. The molecular weight excluding hydrogens is 324 g/mol. The highest BCUT2D eigenvalue weighted by molar-refractivity contribution is 5.97. The van der Waals surface area contributed by atoms with Crippen molar-refractivity contribution < 1.29 is 4.74 Å². The highest BCUT2D eigenvalue weighted by Gasteiger charge is 2.09. The highest BCUT2D eigenvalue weighted by atomic mass is 16.5. The number of nitrogen functional groups attached to an aromatic ring is 1. The third-order valence-electron chi connectivity index (χ3n) is 4.46. The zero-order valence-corrected chi connectivity index (χ0v) is 14.6. The van der Waals surface area contributed by atoms with E-state index in [1.165, 1.54) is 5.57 Å². The first-order valence-corrected chi connectivity index (χ1v) is 8.49. The van der Waals surface area contributed by atoms with Crippen LogP contribution < -0.4 is 15.8 Å². The van der Waals surface area contributed by atoms with Gasteiger partial charge in [0, 0.05) is 29.9 Å². The Morgan fingerprint density at radius 1 is 1.15 bits per heavy atom. The molecule has 0 saturated carbocycles. The molecule has 5 heteroatoms. The fourth-order valence-corrected chi connectivity index (χ4v) is 3.11. The SMILES string of the molecule is COc1cccc(CNc2cc(N)nc3cc(C4=CC=NC4)ccc23)c1. The molecule has 2 aromatic carbocycles. The zero-order valence-electron chi connectivity index (χ0n) is 14.6. The number of hydrogen-bond donors (Lipinski definition) is 2. The maximum Gasteiger partial charge on any atom is 0.126 e. The fraction of sp³-hybridized carbons (Fsp3) is 0.143. The molecule has 3 aromatic rings. The second kappa shape index (κ2) is 6.88. The van der Waals surface area contributed by atoms with E-state index >= 15 is 0 Å². The molecule has 4 rings (SSSR count). The van der Waals surface area contributed by atoms with E-state index in [1.54, 1.807) is 7.11 Å². The molecule has 0 atom stereocenters. The van der Waals surface area contributed by atoms with Gasteiger partial charge in [0.05, 0.1) is 19.2 Å². The predicted octanol–water partition coefficient (Wildman–Crippen LogP) is 3.91. The number of ether oxygens (including phenoxy) is 1. The zero-order chi connectivity index (χ0) is 17.9. The summed E-state index contributed by atoms with van der Waals surface area (Å²) in [5.74, 6) is 1.35. The second-order valence-corrected chi connectivity index (χ2v) is 6.21. The lowest BCUT2D eigenvalue weighted by Gasteiger charge is -2.12. The summed E-state index contributed by atoms with van der Waals surface area (Å²) in [6, 6.07) is 16.1. The van der Waals surface area contributed by atoms with Gasteiger partial charge in [0.25, 0.3) is 0 Å². The molecule has 0 amide bonds. The minimum absolute atomic E-state index is 0.499. The van der Waals surface area contributed by atoms with E-state index in [0.29, 0.717) is 12.4 Å². The Bertz CT molecular complexity index is 1020. The molecule has 2 heterocycles. The lowest BCUT2D eigenvalue weighted by atomic mass is 10.0. The van der Waals surface area contributed by atoms with Gasteiger partial charge in [-0.05, 0) is 41.0 Å². The van der Waals surface area contributed by atoms with E-state index in [-0.39, 0.29) is 0 Å². The molecule has 1 aromatic heterocycles. The summed E-state index contributed by atoms with van der Waals surface area (Å²) in [7, 11) is 1.67. The Kier molecular flexibility index (Phi) is 4.27. The Balaban J connectivity index is 1.63. The fourth-order valence-electron chi connectivity index (χ4n) is 3.11. The third-order valence-corrected chi connectivity index (χ3v) is 4.46. The number of nitrogens with two attached hydrogens (primary N) is 1. The first-order valence-electron chi connectivity index (χ1n) is 8.49. The molecule has 5 nitrogen and oxygen atoms in total. The van der Waals surface area contributed by atoms with Crippen LogP contribution in [0.3, 0.4) is 0 Å². The minimum atomic E-state index is 0.499. The molecule has 0 fully saturated rings. The van der Waals surface area contributed by atoms with Crippen LogP contribution in [0.25, 0.3) is 16.5 Å². The number of fused-ring (bicyclic) bond motifs is 1. The number of benzene rings is 2. The van der Waals surface area contributed by atoms with Gasteiger partial charge in [0.2, 0.25) is 0 Å². The van der Waals surface area contributed by atoms with E-state index in [4.69, 9.17) is 10.5 Å². The summed E-state index contributed by atoms with van der Waals surface area (Å²) in [6.45, 7) is 1.39. The number of aliphatic imine (C=N–C) groups is 1. The number of methoxy groups -OCH3 is 1. The van der Waals surface area contributed by atoms with Crippen molar-refractivity contribution in [1.29, 1.82) is 0 Å². The smallest absolute Gasteiger partial charge is 0.126 e. The van der Waals surface area contributed by atoms with Crippen LogP contribution in [0.4, 0.5) is 11.5 Å². The molecule has 26 heavy (non-hydrogen) atoms. The summed E-state index contributed by atoms with van der Waals surface area (Å²) in [5, 5.41) is 4.52. The van der Waals surface area contributed by atoms with E-state index in [9.17, 15) is 0 Å². The van der Waals surface area contributed by atoms with Crippen molar-refractivity contribution in [2.45, 2.75) is 6.54 Å². The third kappa shape index (κ3) is 3.24. The van der Waals surface area contributed by atoms with Gasteiger partial charge < -0.3 is 15.8 Å². The van der Waals surface area contributed by atoms with Gasteiger partial charge in [-0.2, -0.15) is 0 Å². The molecule has 1 aliphatic rings. The van der Waals surface area contributed by atoms with Crippen molar-refractivity contribution in [3.05, 3.63) is 65.7 Å². The molecule has 0 spiro atoms. The lowest BCUT2D eigenvalue weighted by Crippen LogP contribution is -2.03. The van der Waals surface area contributed by atoms with Crippen LogP contribution in [0.1, 0.15) is 11.1 Å². The number of aromatic nitrogens is 1. The summed E-state index contributed by atoms with van der Waals surface area (Å²) in [6.07, 6.45) is 3.88. The van der Waals surface area contributed by atoms with E-state index in [1.807, 2.05) is 36.6 Å². The summed E-state index contributed by atoms with van der Waals surface area (Å²) >= 11 is 0. The van der Waals surface area contributed by atoms with Crippen LogP contribution in [-0.4, -0.2) is 24.9 Å². The summed E-state index contributed by atoms with van der Waals surface area (Å²) in [5.41, 5.74) is 11.3. The molecule has 3 N–H and O–H groups in total. The van der Waals surface area contributed by atoms with Gasteiger partial charge in [-0.15, -0.1) is 0 Å².